The molecule has 37 heavy (non-hydrogen) atoms. The van der Waals surface area contributed by atoms with Crippen molar-refractivity contribution in [1.82, 2.24) is 10.3 Å². The van der Waals surface area contributed by atoms with Crippen LogP contribution in [0.2, 0.25) is 0 Å². The van der Waals surface area contributed by atoms with E-state index in [1.807, 2.05) is 65.6 Å². The van der Waals surface area contributed by atoms with Crippen molar-refractivity contribution in [3.8, 4) is 11.3 Å². The number of pyridine rings is 1. The van der Waals surface area contributed by atoms with Crippen LogP contribution in [0.1, 0.15) is 40.8 Å². The molecule has 2 aromatic heterocycles. The first-order valence-corrected chi connectivity index (χ1v) is 12.0. The molecule has 2 N–H and O–H groups in total. The number of ether oxygens (including phenoxy) is 1. The van der Waals surface area contributed by atoms with Crippen molar-refractivity contribution >= 4 is 40.6 Å². The van der Waals surface area contributed by atoms with Gasteiger partial charge in [-0.05, 0) is 72.9 Å². The predicted octanol–water partition coefficient (Wildman–Crippen LogP) is 5.26. The number of thiocarbonyl (C=S) groups is 1. The quantitative estimate of drug-likeness (QED) is 0.267. The van der Waals surface area contributed by atoms with Crippen molar-refractivity contribution in [3.63, 3.8) is 0 Å². The lowest BCUT2D eigenvalue weighted by atomic mass is 10.0. The molecule has 1 aliphatic rings. The first-order chi connectivity index (χ1) is 17.9. The summed E-state index contributed by atoms with van der Waals surface area (Å²) in [4.78, 5) is 30.0. The highest BCUT2D eigenvalue weighted by Gasteiger charge is 2.42. The highest BCUT2D eigenvalue weighted by Crippen LogP contribution is 2.43. The van der Waals surface area contributed by atoms with E-state index in [2.05, 4.69) is 15.6 Å². The fourth-order valence-electron chi connectivity index (χ4n) is 4.41. The van der Waals surface area contributed by atoms with Gasteiger partial charge in [-0.2, -0.15) is 0 Å². The summed E-state index contributed by atoms with van der Waals surface area (Å²) < 4.78 is 11.2. The molecule has 0 bridgehead atoms. The Kier molecular flexibility index (Phi) is 6.70. The molecule has 186 valence electrons. The van der Waals surface area contributed by atoms with Gasteiger partial charge in [0.15, 0.2) is 5.11 Å². The summed E-state index contributed by atoms with van der Waals surface area (Å²) >= 11 is 5.76. The number of hydrogen-bond donors (Lipinski definition) is 2. The average Bonchev–Trinajstić information content (AvgIpc) is 3.54. The monoisotopic (exact) mass is 512 g/mol. The fraction of sp³-hybridized carbons (Fsp3) is 0.143. The smallest absolute Gasteiger partial charge is 0.337 e. The van der Waals surface area contributed by atoms with Gasteiger partial charge in [-0.15, -0.1) is 0 Å². The van der Waals surface area contributed by atoms with Crippen LogP contribution in [0.5, 0.6) is 0 Å². The average molecular weight is 513 g/mol. The molecule has 0 radical (unpaired) electrons. The SMILES string of the molecule is COC(=O)c1cccc(-c2ccc([C@H]3[C@@H](c4ccccn4)NC(=S)N3c3ccc(NC(C)=O)cc3)o2)c1. The first-order valence-electron chi connectivity index (χ1n) is 11.6. The Balaban J connectivity index is 1.54. The summed E-state index contributed by atoms with van der Waals surface area (Å²) in [5, 5.41) is 6.71. The van der Waals surface area contributed by atoms with E-state index in [1.54, 1.807) is 24.4 Å². The van der Waals surface area contributed by atoms with Crippen molar-refractivity contribution in [3.05, 3.63) is 102 Å². The zero-order valence-corrected chi connectivity index (χ0v) is 21.0. The molecule has 1 saturated heterocycles. The number of furan rings is 1. The lowest BCUT2D eigenvalue weighted by Gasteiger charge is -2.26. The van der Waals surface area contributed by atoms with Gasteiger partial charge in [0.05, 0.1) is 24.4 Å². The Morgan fingerprint density at radius 3 is 2.57 bits per heavy atom. The maximum atomic E-state index is 12.0. The van der Waals surface area contributed by atoms with Crippen molar-refractivity contribution < 1.29 is 18.7 Å². The molecular formula is C28H24N4O4S. The highest BCUT2D eigenvalue weighted by molar-refractivity contribution is 7.80. The lowest BCUT2D eigenvalue weighted by molar-refractivity contribution is -0.114. The topological polar surface area (TPSA) is 96.7 Å². The van der Waals surface area contributed by atoms with Crippen LogP contribution in [0.25, 0.3) is 11.3 Å². The molecule has 2 aromatic carbocycles. The number of nitrogens with zero attached hydrogens (tertiary/aromatic N) is 2. The van der Waals surface area contributed by atoms with Crippen molar-refractivity contribution in [2.24, 2.45) is 0 Å². The fourth-order valence-corrected chi connectivity index (χ4v) is 4.76. The van der Waals surface area contributed by atoms with E-state index in [4.69, 9.17) is 21.4 Å². The van der Waals surface area contributed by atoms with Gasteiger partial charge in [0, 0.05) is 30.1 Å². The minimum Gasteiger partial charge on any atom is -0.465 e. The van der Waals surface area contributed by atoms with Crippen LogP contribution in [0.15, 0.2) is 89.5 Å². The minimum atomic E-state index is -0.414. The standard InChI is InChI=1S/C28H24N4O4S/c1-17(33)30-20-9-11-21(12-10-20)32-26(25(31-28(32)37)22-8-3-4-15-29-22)24-14-13-23(36-24)18-6-5-7-19(16-18)27(34)35-2/h3-16,25-26H,1-2H3,(H,30,33)(H,31,37)/t25-,26+/m1/s1. The van der Waals surface area contributed by atoms with Gasteiger partial charge in [0.25, 0.3) is 0 Å². The van der Waals surface area contributed by atoms with Crippen LogP contribution in [-0.4, -0.2) is 29.1 Å². The summed E-state index contributed by atoms with van der Waals surface area (Å²) in [7, 11) is 1.35. The van der Waals surface area contributed by atoms with Gasteiger partial charge in [0.2, 0.25) is 5.91 Å². The predicted molar refractivity (Wildman–Crippen MR) is 144 cm³/mol. The van der Waals surface area contributed by atoms with Crippen LogP contribution in [-0.2, 0) is 9.53 Å². The maximum absolute atomic E-state index is 12.0. The molecule has 2 atom stereocenters. The second-order valence-corrected chi connectivity index (χ2v) is 8.89. The minimum absolute atomic E-state index is 0.140. The molecule has 4 aromatic rings. The van der Waals surface area contributed by atoms with E-state index in [1.165, 1.54) is 14.0 Å². The number of esters is 1. The number of nitrogens with one attached hydrogen (secondary N) is 2. The number of benzene rings is 2. The molecule has 0 unspecified atom stereocenters. The van der Waals surface area contributed by atoms with Crippen LogP contribution in [0.4, 0.5) is 11.4 Å². The third-order valence-electron chi connectivity index (χ3n) is 6.05. The summed E-state index contributed by atoms with van der Waals surface area (Å²) in [6.07, 6.45) is 1.74. The van der Waals surface area contributed by atoms with Crippen LogP contribution < -0.4 is 15.5 Å². The Hall–Kier alpha value is -4.50. The normalized spacial score (nSPS) is 16.8. The molecule has 0 saturated carbocycles. The Bertz CT molecular complexity index is 1450. The molecule has 1 aliphatic heterocycles. The largest absolute Gasteiger partial charge is 0.465 e. The molecule has 5 rings (SSSR count). The van der Waals surface area contributed by atoms with Gasteiger partial charge >= 0.3 is 5.97 Å². The maximum Gasteiger partial charge on any atom is 0.337 e. The van der Waals surface area contributed by atoms with Crippen molar-refractivity contribution in [2.45, 2.75) is 19.0 Å². The third-order valence-corrected chi connectivity index (χ3v) is 6.36. The number of rotatable bonds is 6. The van der Waals surface area contributed by atoms with Crippen LogP contribution in [0.3, 0.4) is 0 Å². The Morgan fingerprint density at radius 2 is 1.86 bits per heavy atom. The van der Waals surface area contributed by atoms with E-state index in [0.29, 0.717) is 27.9 Å². The van der Waals surface area contributed by atoms with E-state index in [9.17, 15) is 9.59 Å². The van der Waals surface area contributed by atoms with Gasteiger partial charge in [-0.3, -0.25) is 9.78 Å². The molecule has 1 fully saturated rings. The van der Waals surface area contributed by atoms with Gasteiger partial charge < -0.3 is 24.7 Å². The first kappa shape index (κ1) is 24.2. The van der Waals surface area contributed by atoms with E-state index in [0.717, 1.165) is 16.9 Å². The lowest BCUT2D eigenvalue weighted by Crippen LogP contribution is -2.29. The number of methoxy groups -OCH3 is 1. The number of carbonyl (C=O) groups excluding carboxylic acids is 2. The number of anilines is 2. The Morgan fingerprint density at radius 1 is 1.05 bits per heavy atom. The van der Waals surface area contributed by atoms with Gasteiger partial charge in [-0.25, -0.2) is 4.79 Å². The number of carbonyl (C=O) groups is 2. The molecule has 0 aliphatic carbocycles. The molecule has 3 heterocycles. The Labute approximate surface area is 219 Å². The van der Waals surface area contributed by atoms with Gasteiger partial charge in [0.1, 0.15) is 17.6 Å². The molecule has 8 nitrogen and oxygen atoms in total. The van der Waals surface area contributed by atoms with Crippen molar-refractivity contribution in [1.29, 1.82) is 0 Å². The third kappa shape index (κ3) is 4.94. The van der Waals surface area contributed by atoms with Crippen LogP contribution in [0, 0.1) is 0 Å². The summed E-state index contributed by atoms with van der Waals surface area (Å²) in [6, 6.07) is 23.5. The molecule has 0 spiro atoms. The summed E-state index contributed by atoms with van der Waals surface area (Å²) in [5.74, 6) is 0.730. The zero-order chi connectivity index (χ0) is 25.9. The molecule has 9 heteroatoms. The van der Waals surface area contributed by atoms with Crippen LogP contribution >= 0.6 is 12.2 Å². The van der Waals surface area contributed by atoms with E-state index >= 15 is 0 Å². The summed E-state index contributed by atoms with van der Waals surface area (Å²) in [6.45, 7) is 1.47. The number of hydrogen-bond acceptors (Lipinski definition) is 6. The van der Waals surface area contributed by atoms with E-state index < -0.39 is 5.97 Å². The van der Waals surface area contributed by atoms with Crippen molar-refractivity contribution in [2.75, 3.05) is 17.3 Å². The zero-order valence-electron chi connectivity index (χ0n) is 20.2. The summed E-state index contributed by atoms with van der Waals surface area (Å²) in [5.41, 5.74) is 3.54. The molecular weight excluding hydrogens is 488 g/mol. The number of aromatic nitrogens is 1. The number of amides is 1. The van der Waals surface area contributed by atoms with Gasteiger partial charge in [-0.1, -0.05) is 18.2 Å². The second kappa shape index (κ2) is 10.2. The molecule has 1 amide bonds. The highest BCUT2D eigenvalue weighted by atomic mass is 32.1. The second-order valence-electron chi connectivity index (χ2n) is 8.50. The van der Waals surface area contributed by atoms with E-state index in [-0.39, 0.29) is 18.0 Å².